The van der Waals surface area contributed by atoms with Gasteiger partial charge in [-0.1, -0.05) is 11.6 Å². The second-order valence-corrected chi connectivity index (χ2v) is 10.0. The quantitative estimate of drug-likeness (QED) is 0.224. The number of rotatable bonds is 10. The lowest BCUT2D eigenvalue weighted by atomic mass is 9.90. The topological polar surface area (TPSA) is 193 Å². The highest BCUT2D eigenvalue weighted by atomic mass is 35.5. The van der Waals surface area contributed by atoms with Crippen LogP contribution in [0.1, 0.15) is 31.2 Å². The number of methoxy groups -OCH3 is 2. The summed E-state index contributed by atoms with van der Waals surface area (Å²) in [5.74, 6) is 0.801. The summed E-state index contributed by atoms with van der Waals surface area (Å²) >= 11 is 6.21. The molecule has 2 amide bonds. The molecule has 0 bridgehead atoms. The van der Waals surface area contributed by atoms with Crippen molar-refractivity contribution in [1.82, 2.24) is 45.4 Å². The maximum Gasteiger partial charge on any atom is 0.323 e. The zero-order valence-corrected chi connectivity index (χ0v) is 24.2. The van der Waals surface area contributed by atoms with Gasteiger partial charge in [0.25, 0.3) is 0 Å². The van der Waals surface area contributed by atoms with Crippen molar-refractivity contribution in [3.05, 3.63) is 47.8 Å². The number of carbonyl (C=O) groups excluding carboxylic acids is 1. The Bertz CT molecular complexity index is 1570. The number of ether oxygens (including phenoxy) is 2. The molecule has 4 heterocycles. The average Bonchev–Trinajstić information content (AvgIpc) is 3.48. The lowest BCUT2D eigenvalue weighted by Crippen LogP contribution is -2.49. The molecule has 43 heavy (non-hydrogen) atoms. The van der Waals surface area contributed by atoms with E-state index in [1.165, 1.54) is 19.5 Å². The van der Waals surface area contributed by atoms with Crippen LogP contribution in [0.25, 0.3) is 22.6 Å². The van der Waals surface area contributed by atoms with Crippen LogP contribution in [0.4, 0.5) is 16.6 Å². The fourth-order valence-electron chi connectivity index (χ4n) is 4.77. The molecular formula is C27H29ClN12O3. The summed E-state index contributed by atoms with van der Waals surface area (Å²) in [5, 5.41) is 22.9. The van der Waals surface area contributed by atoms with Crippen LogP contribution >= 0.6 is 11.6 Å². The normalized spacial score (nSPS) is 16.2. The van der Waals surface area contributed by atoms with E-state index in [9.17, 15) is 10.1 Å². The molecule has 0 spiro atoms. The summed E-state index contributed by atoms with van der Waals surface area (Å²) in [5.41, 5.74) is 2.24. The maximum absolute atomic E-state index is 13.3. The van der Waals surface area contributed by atoms with Gasteiger partial charge in [-0.2, -0.15) is 10.4 Å². The Balaban J connectivity index is 1.29. The van der Waals surface area contributed by atoms with Gasteiger partial charge in [-0.25, -0.2) is 29.7 Å². The second kappa shape index (κ2) is 13.8. The fourth-order valence-corrected chi connectivity index (χ4v) is 4.95. The molecule has 16 heteroatoms. The molecule has 222 valence electrons. The number of carbonyl (C=O) groups is 1. The molecule has 0 unspecified atom stereocenters. The predicted octanol–water partition coefficient (Wildman–Crippen LogP) is 3.23. The average molecular weight is 605 g/mol. The van der Waals surface area contributed by atoms with Crippen LogP contribution < -0.4 is 20.3 Å². The van der Waals surface area contributed by atoms with E-state index in [2.05, 4.69) is 56.8 Å². The Labute approximate surface area is 252 Å². The van der Waals surface area contributed by atoms with Crippen molar-refractivity contribution >= 4 is 29.4 Å². The maximum atomic E-state index is 13.3. The first-order valence-electron chi connectivity index (χ1n) is 13.5. The molecule has 0 atom stereocenters. The van der Waals surface area contributed by atoms with Gasteiger partial charge in [-0.15, -0.1) is 0 Å². The number of anilines is 2. The standard InChI is InChI=1S/C27H29ClN12O3/c1-42-8-7-30-27(41)40(22-15-31-21(14-32-22)17-11-34-26(43-2)35-12-17)19-5-3-18(4-6-19)37-25-33-10-16(9-29)23(38-25)24-20(28)13-36-39-24/h10-15,18-19H,3-8H2,1-2H3,(H,30,41)(H,36,39)(H,33,37,38)/t18-,19-. The van der Waals surface area contributed by atoms with Gasteiger partial charge in [-0.3, -0.25) is 15.0 Å². The molecule has 5 rings (SSSR count). The van der Waals surface area contributed by atoms with Crippen molar-refractivity contribution in [2.75, 3.05) is 37.6 Å². The predicted molar refractivity (Wildman–Crippen MR) is 156 cm³/mol. The number of H-pyrrole nitrogens is 1. The molecular weight excluding hydrogens is 576 g/mol. The van der Waals surface area contributed by atoms with Crippen molar-refractivity contribution in [2.45, 2.75) is 37.8 Å². The summed E-state index contributed by atoms with van der Waals surface area (Å²) in [4.78, 5) is 41.1. The summed E-state index contributed by atoms with van der Waals surface area (Å²) < 4.78 is 10.1. The smallest absolute Gasteiger partial charge is 0.323 e. The van der Waals surface area contributed by atoms with Crippen LogP contribution in [0.3, 0.4) is 0 Å². The first-order valence-corrected chi connectivity index (χ1v) is 13.9. The molecule has 3 N–H and O–H groups in total. The molecule has 0 aliphatic heterocycles. The zero-order valence-electron chi connectivity index (χ0n) is 23.5. The number of nitrogens with zero attached hydrogens (tertiary/aromatic N) is 9. The first kappa shape index (κ1) is 29.5. The van der Waals surface area contributed by atoms with Gasteiger partial charge < -0.3 is 20.1 Å². The molecule has 4 aromatic heterocycles. The Hall–Kier alpha value is -4.94. The highest BCUT2D eigenvalue weighted by molar-refractivity contribution is 6.32. The number of aromatic nitrogens is 8. The van der Waals surface area contributed by atoms with E-state index in [0.717, 1.165) is 12.8 Å². The largest absolute Gasteiger partial charge is 0.467 e. The molecule has 15 nitrogen and oxygen atoms in total. The Morgan fingerprint density at radius 3 is 2.49 bits per heavy atom. The van der Waals surface area contributed by atoms with E-state index in [1.54, 1.807) is 36.8 Å². The highest BCUT2D eigenvalue weighted by Crippen LogP contribution is 2.30. The van der Waals surface area contributed by atoms with E-state index in [4.69, 9.17) is 21.1 Å². The van der Waals surface area contributed by atoms with Crippen LogP contribution in [0, 0.1) is 11.3 Å². The van der Waals surface area contributed by atoms with Gasteiger partial charge in [0.05, 0.1) is 48.6 Å². The van der Waals surface area contributed by atoms with Crippen molar-refractivity contribution in [3.63, 3.8) is 0 Å². The van der Waals surface area contributed by atoms with Gasteiger partial charge in [0.2, 0.25) is 5.95 Å². The monoisotopic (exact) mass is 604 g/mol. The van der Waals surface area contributed by atoms with Crippen LogP contribution in [0.2, 0.25) is 5.02 Å². The summed E-state index contributed by atoms with van der Waals surface area (Å²) in [6.45, 7) is 0.740. The summed E-state index contributed by atoms with van der Waals surface area (Å²) in [6.07, 6.45) is 12.2. The number of hydrogen-bond donors (Lipinski definition) is 3. The molecule has 1 aliphatic rings. The number of nitrogens with one attached hydrogen (secondary N) is 3. The van der Waals surface area contributed by atoms with Gasteiger partial charge >= 0.3 is 12.0 Å². The molecule has 1 fully saturated rings. The second-order valence-electron chi connectivity index (χ2n) is 9.61. The third-order valence-electron chi connectivity index (χ3n) is 6.92. The highest BCUT2D eigenvalue weighted by Gasteiger charge is 2.31. The SMILES string of the molecule is COCCNC(=O)N(c1cnc(-c2cnc(OC)nc2)cn1)[C@H]1CC[C@H](Nc2ncc(C#N)c(-c3n[nH]cc3Cl)n2)CC1. The van der Waals surface area contributed by atoms with Gasteiger partial charge in [-0.05, 0) is 25.7 Å². The Morgan fingerprint density at radius 1 is 1.07 bits per heavy atom. The minimum atomic E-state index is -0.278. The zero-order chi connectivity index (χ0) is 30.2. The van der Waals surface area contributed by atoms with Crippen LogP contribution in [0.15, 0.2) is 37.2 Å². The van der Waals surface area contributed by atoms with E-state index in [-0.39, 0.29) is 29.7 Å². The van der Waals surface area contributed by atoms with Crippen LogP contribution in [-0.4, -0.2) is 85.6 Å². The van der Waals surface area contributed by atoms with E-state index in [0.29, 0.717) is 65.4 Å². The van der Waals surface area contributed by atoms with Crippen LogP contribution in [-0.2, 0) is 4.74 Å². The third-order valence-corrected chi connectivity index (χ3v) is 7.20. The number of urea groups is 1. The number of aromatic amines is 1. The lowest BCUT2D eigenvalue weighted by Gasteiger charge is -2.36. The van der Waals surface area contributed by atoms with E-state index >= 15 is 0 Å². The number of halogens is 1. The number of hydrogen-bond acceptors (Lipinski definition) is 12. The Morgan fingerprint density at radius 2 is 1.86 bits per heavy atom. The molecule has 0 radical (unpaired) electrons. The Kier molecular flexibility index (Phi) is 9.49. The van der Waals surface area contributed by atoms with Crippen molar-refractivity contribution in [1.29, 1.82) is 5.26 Å². The van der Waals surface area contributed by atoms with Gasteiger partial charge in [0.1, 0.15) is 17.5 Å². The van der Waals surface area contributed by atoms with Crippen molar-refractivity contribution in [2.24, 2.45) is 0 Å². The van der Waals surface area contributed by atoms with Gasteiger partial charge in [0, 0.05) is 49.9 Å². The lowest BCUT2D eigenvalue weighted by molar-refractivity contribution is 0.196. The molecule has 0 aromatic carbocycles. The van der Waals surface area contributed by atoms with Crippen molar-refractivity contribution < 1.29 is 14.3 Å². The minimum absolute atomic E-state index is 0.0497. The van der Waals surface area contributed by atoms with E-state index < -0.39 is 0 Å². The fraction of sp³-hybridized carbons (Fsp3) is 0.370. The molecule has 0 saturated heterocycles. The van der Waals surface area contributed by atoms with Crippen LogP contribution in [0.5, 0.6) is 6.01 Å². The third kappa shape index (κ3) is 6.93. The minimum Gasteiger partial charge on any atom is -0.467 e. The number of amides is 2. The van der Waals surface area contributed by atoms with Crippen molar-refractivity contribution in [3.8, 4) is 34.7 Å². The summed E-state index contributed by atoms with van der Waals surface area (Å²) in [7, 11) is 3.07. The first-order chi connectivity index (χ1) is 21.0. The molecule has 1 saturated carbocycles. The summed E-state index contributed by atoms with van der Waals surface area (Å²) in [6, 6.07) is 1.99. The molecule has 1 aliphatic carbocycles. The van der Waals surface area contributed by atoms with E-state index in [1.807, 2.05) is 0 Å². The number of nitriles is 1. The molecule has 4 aromatic rings. The van der Waals surface area contributed by atoms with Gasteiger partial charge in [0.15, 0.2) is 5.82 Å².